The molecule has 5 heteroatoms. The molecular formula is C14H28O5. The summed E-state index contributed by atoms with van der Waals surface area (Å²) in [6, 6.07) is 0. The van der Waals surface area contributed by atoms with Gasteiger partial charge in [-0.2, -0.15) is 0 Å². The Morgan fingerprint density at radius 3 is 2.00 bits per heavy atom. The zero-order chi connectivity index (χ0) is 14.3. The summed E-state index contributed by atoms with van der Waals surface area (Å²) in [5.74, 6) is -0.702. The molecule has 0 fully saturated rings. The van der Waals surface area contributed by atoms with E-state index in [9.17, 15) is 4.79 Å². The first-order chi connectivity index (χ1) is 9.16. The van der Waals surface area contributed by atoms with Crippen LogP contribution in [0.4, 0.5) is 0 Å². The highest BCUT2D eigenvalue weighted by molar-refractivity contribution is 5.66. The lowest BCUT2D eigenvalue weighted by atomic mass is 10.1. The van der Waals surface area contributed by atoms with Crippen LogP contribution in [0.2, 0.25) is 0 Å². The van der Waals surface area contributed by atoms with E-state index in [4.69, 9.17) is 20.1 Å². The second-order valence-electron chi connectivity index (χ2n) is 4.88. The highest BCUT2D eigenvalue weighted by Gasteiger charge is 2.00. The molecule has 3 N–H and O–H groups in total. The minimum absolute atomic E-state index is 0.208. The predicted molar refractivity (Wildman–Crippen MR) is 73.1 cm³/mol. The maximum Gasteiger partial charge on any atom is 0.303 e. The Kier molecular flexibility index (Phi) is 13.3. The molecule has 0 bridgehead atoms. The molecule has 5 nitrogen and oxygen atoms in total. The van der Waals surface area contributed by atoms with Crippen LogP contribution in [0.25, 0.3) is 0 Å². The van der Waals surface area contributed by atoms with E-state index in [0.717, 1.165) is 32.1 Å². The van der Waals surface area contributed by atoms with E-state index in [1.807, 2.05) is 0 Å². The number of carboxylic acid groups (broad SMARTS) is 1. The molecule has 19 heavy (non-hydrogen) atoms. The van der Waals surface area contributed by atoms with Crippen molar-refractivity contribution in [2.24, 2.45) is 0 Å². The molecule has 1 unspecified atom stereocenters. The monoisotopic (exact) mass is 276 g/mol. The van der Waals surface area contributed by atoms with Crippen molar-refractivity contribution < 1.29 is 24.9 Å². The predicted octanol–water partition coefficient (Wildman–Crippen LogP) is 1.95. The van der Waals surface area contributed by atoms with Crippen LogP contribution in [-0.4, -0.2) is 47.2 Å². The fourth-order valence-electron chi connectivity index (χ4n) is 1.81. The summed E-state index contributed by atoms with van der Waals surface area (Å²) >= 11 is 0. The lowest BCUT2D eigenvalue weighted by Crippen LogP contribution is -2.19. The number of rotatable bonds is 14. The molecule has 0 saturated carbocycles. The van der Waals surface area contributed by atoms with Gasteiger partial charge in [0.25, 0.3) is 0 Å². The molecule has 0 aromatic heterocycles. The van der Waals surface area contributed by atoms with Crippen LogP contribution in [0.3, 0.4) is 0 Å². The van der Waals surface area contributed by atoms with Crippen molar-refractivity contribution in [3.63, 3.8) is 0 Å². The molecule has 0 aromatic rings. The number of aliphatic hydroxyl groups is 2. The second-order valence-corrected chi connectivity index (χ2v) is 4.88. The van der Waals surface area contributed by atoms with Crippen LogP contribution >= 0.6 is 0 Å². The number of unbranched alkanes of at least 4 members (excludes halogenated alkanes) is 7. The Hall–Kier alpha value is -0.650. The van der Waals surface area contributed by atoms with Gasteiger partial charge in [0.1, 0.15) is 6.10 Å². The smallest absolute Gasteiger partial charge is 0.303 e. The number of carboxylic acids is 1. The number of aliphatic hydroxyl groups excluding tert-OH is 2. The Morgan fingerprint density at radius 1 is 0.947 bits per heavy atom. The van der Waals surface area contributed by atoms with Gasteiger partial charge in [-0.15, -0.1) is 0 Å². The molecule has 0 spiro atoms. The van der Waals surface area contributed by atoms with Gasteiger partial charge in [-0.1, -0.05) is 38.5 Å². The van der Waals surface area contributed by atoms with Gasteiger partial charge in [-0.25, -0.2) is 0 Å². The van der Waals surface area contributed by atoms with Crippen LogP contribution in [0.1, 0.15) is 57.8 Å². The summed E-state index contributed by atoms with van der Waals surface area (Å²) in [6.45, 7) is 0.595. The van der Waals surface area contributed by atoms with Crippen molar-refractivity contribution in [2.75, 3.05) is 19.8 Å². The summed E-state index contributed by atoms with van der Waals surface area (Å²) in [5.41, 5.74) is 0. The number of hydrogen-bond donors (Lipinski definition) is 3. The quantitative estimate of drug-likeness (QED) is 0.422. The van der Waals surface area contributed by atoms with E-state index in [-0.39, 0.29) is 19.6 Å². The molecular weight excluding hydrogens is 248 g/mol. The maximum atomic E-state index is 10.3. The van der Waals surface area contributed by atoms with Crippen molar-refractivity contribution in [1.82, 2.24) is 0 Å². The van der Waals surface area contributed by atoms with Crippen LogP contribution < -0.4 is 0 Å². The largest absolute Gasteiger partial charge is 0.481 e. The van der Waals surface area contributed by atoms with Crippen LogP contribution in [0.15, 0.2) is 0 Å². The lowest BCUT2D eigenvalue weighted by Gasteiger charge is -2.07. The topological polar surface area (TPSA) is 87.0 Å². The summed E-state index contributed by atoms with van der Waals surface area (Å²) in [4.78, 5) is 10.3. The highest BCUT2D eigenvalue weighted by atomic mass is 16.5. The Morgan fingerprint density at radius 2 is 1.47 bits per heavy atom. The molecule has 0 rings (SSSR count). The molecule has 0 aromatic carbocycles. The summed E-state index contributed by atoms with van der Waals surface area (Å²) in [6.07, 6.45) is 8.07. The van der Waals surface area contributed by atoms with Crippen molar-refractivity contribution in [1.29, 1.82) is 0 Å². The average Bonchev–Trinajstić information content (AvgIpc) is 2.39. The van der Waals surface area contributed by atoms with E-state index in [1.54, 1.807) is 0 Å². The van der Waals surface area contributed by atoms with Crippen molar-refractivity contribution in [3.8, 4) is 0 Å². The Bertz CT molecular complexity index is 208. The molecule has 0 aliphatic carbocycles. The van der Waals surface area contributed by atoms with Gasteiger partial charge in [0.2, 0.25) is 0 Å². The zero-order valence-corrected chi connectivity index (χ0v) is 11.7. The standard InChI is InChI=1S/C14H28O5/c15-11-13(16)12-19-10-8-6-4-2-1-3-5-7-9-14(17)18/h13,15-16H,1-12H2,(H,17,18). The minimum Gasteiger partial charge on any atom is -0.481 e. The number of aliphatic carboxylic acids is 1. The molecule has 0 aliphatic rings. The van der Waals surface area contributed by atoms with Gasteiger partial charge in [0.15, 0.2) is 0 Å². The number of ether oxygens (including phenoxy) is 1. The Labute approximate surface area is 115 Å². The van der Waals surface area contributed by atoms with E-state index in [2.05, 4.69) is 0 Å². The molecule has 114 valence electrons. The van der Waals surface area contributed by atoms with Crippen LogP contribution in [0.5, 0.6) is 0 Å². The first-order valence-corrected chi connectivity index (χ1v) is 7.25. The van der Waals surface area contributed by atoms with Crippen LogP contribution in [-0.2, 0) is 9.53 Å². The second kappa shape index (κ2) is 13.8. The molecule has 0 amide bonds. The fourth-order valence-corrected chi connectivity index (χ4v) is 1.81. The van der Waals surface area contributed by atoms with Gasteiger partial charge in [0, 0.05) is 13.0 Å². The van der Waals surface area contributed by atoms with Gasteiger partial charge in [-0.05, 0) is 12.8 Å². The first kappa shape index (κ1) is 18.4. The van der Waals surface area contributed by atoms with E-state index in [0.29, 0.717) is 6.61 Å². The molecule has 0 heterocycles. The number of hydrogen-bond acceptors (Lipinski definition) is 4. The van der Waals surface area contributed by atoms with Crippen LogP contribution in [0, 0.1) is 0 Å². The van der Waals surface area contributed by atoms with E-state index < -0.39 is 12.1 Å². The van der Waals surface area contributed by atoms with Gasteiger partial charge in [-0.3, -0.25) is 4.79 Å². The molecule has 0 radical (unpaired) electrons. The van der Waals surface area contributed by atoms with Gasteiger partial charge in [0.05, 0.1) is 13.2 Å². The van der Waals surface area contributed by atoms with Crippen molar-refractivity contribution >= 4 is 5.97 Å². The van der Waals surface area contributed by atoms with Gasteiger partial charge < -0.3 is 20.1 Å². The highest BCUT2D eigenvalue weighted by Crippen LogP contribution is 2.09. The molecule has 0 saturated heterocycles. The summed E-state index contributed by atoms with van der Waals surface area (Å²) in [7, 11) is 0. The third-order valence-electron chi connectivity index (χ3n) is 2.95. The van der Waals surface area contributed by atoms with E-state index in [1.165, 1.54) is 19.3 Å². The Balaban J connectivity index is 3.01. The maximum absolute atomic E-state index is 10.3. The summed E-state index contributed by atoms with van der Waals surface area (Å²) < 4.78 is 5.20. The fraction of sp³-hybridized carbons (Fsp3) is 0.929. The minimum atomic E-state index is -0.759. The van der Waals surface area contributed by atoms with Crippen molar-refractivity contribution in [2.45, 2.75) is 63.9 Å². The lowest BCUT2D eigenvalue weighted by molar-refractivity contribution is -0.137. The molecule has 0 aliphatic heterocycles. The third kappa shape index (κ3) is 15.3. The van der Waals surface area contributed by atoms with Crippen molar-refractivity contribution in [3.05, 3.63) is 0 Å². The normalized spacial score (nSPS) is 12.5. The number of carbonyl (C=O) groups is 1. The van der Waals surface area contributed by atoms with E-state index >= 15 is 0 Å². The first-order valence-electron chi connectivity index (χ1n) is 7.25. The average molecular weight is 276 g/mol. The van der Waals surface area contributed by atoms with Gasteiger partial charge >= 0.3 is 5.97 Å². The third-order valence-corrected chi connectivity index (χ3v) is 2.95. The zero-order valence-electron chi connectivity index (χ0n) is 11.7. The summed E-state index contributed by atoms with van der Waals surface area (Å²) in [5, 5.41) is 26.1. The SMILES string of the molecule is O=C(O)CCCCCCCCCCOCC(O)CO. The molecule has 1 atom stereocenters.